The first-order chi connectivity index (χ1) is 13.9. The molecule has 0 saturated carbocycles. The molecule has 1 aromatic carbocycles. The number of amides is 1. The Hall–Kier alpha value is -2.87. The molecule has 150 valence electrons. The average molecular weight is 412 g/mol. The summed E-state index contributed by atoms with van der Waals surface area (Å²) in [5, 5.41) is 4.54. The monoisotopic (exact) mass is 412 g/mol. The lowest BCUT2D eigenvalue weighted by Crippen LogP contribution is -2.34. The van der Waals surface area contributed by atoms with Crippen LogP contribution in [0.4, 0.5) is 4.39 Å². The summed E-state index contributed by atoms with van der Waals surface area (Å²) in [7, 11) is 0. The summed E-state index contributed by atoms with van der Waals surface area (Å²) in [6.07, 6.45) is 5.76. The van der Waals surface area contributed by atoms with E-state index in [4.69, 9.17) is 0 Å². The molecular weight excluding hydrogens is 391 g/mol. The fourth-order valence-corrected chi connectivity index (χ4v) is 4.90. The van der Waals surface area contributed by atoms with E-state index in [2.05, 4.69) is 22.4 Å². The first-order valence-electron chi connectivity index (χ1n) is 9.54. The minimum atomic E-state index is -0.761. The summed E-state index contributed by atoms with van der Waals surface area (Å²) in [6, 6.07) is 4.97. The molecule has 8 heteroatoms. The van der Waals surface area contributed by atoms with E-state index in [1.54, 1.807) is 30.4 Å². The maximum Gasteiger partial charge on any atom is 0.263 e. The molecule has 0 saturated heterocycles. The number of halogens is 1. The first kappa shape index (κ1) is 19.4. The van der Waals surface area contributed by atoms with Gasteiger partial charge in [-0.15, -0.1) is 11.3 Å². The molecule has 6 nitrogen and oxygen atoms in total. The number of hydrogen-bond donors (Lipinski definition) is 1. The van der Waals surface area contributed by atoms with Gasteiger partial charge >= 0.3 is 0 Å². The normalized spacial score (nSPS) is 17.4. The van der Waals surface area contributed by atoms with Gasteiger partial charge in [-0.25, -0.2) is 14.8 Å². The highest BCUT2D eigenvalue weighted by molar-refractivity contribution is 7.18. The Labute approximate surface area is 171 Å². The second-order valence-corrected chi connectivity index (χ2v) is 8.53. The Kier molecular flexibility index (Phi) is 5.27. The smallest absolute Gasteiger partial charge is 0.263 e. The van der Waals surface area contributed by atoms with Gasteiger partial charge < -0.3 is 0 Å². The molecule has 0 bridgehead atoms. The molecule has 2 unspecified atom stereocenters. The molecule has 1 aliphatic rings. The zero-order chi connectivity index (χ0) is 20.5. The molecule has 29 heavy (non-hydrogen) atoms. The number of rotatable bonds is 4. The van der Waals surface area contributed by atoms with Crippen molar-refractivity contribution in [2.45, 2.75) is 39.2 Å². The summed E-state index contributed by atoms with van der Waals surface area (Å²) in [4.78, 5) is 32.0. The van der Waals surface area contributed by atoms with Crippen LogP contribution in [-0.2, 0) is 17.6 Å². The molecule has 0 fully saturated rings. The van der Waals surface area contributed by atoms with E-state index in [1.165, 1.54) is 34.1 Å². The predicted octanol–water partition coefficient (Wildman–Crippen LogP) is 3.43. The van der Waals surface area contributed by atoms with Crippen LogP contribution in [0.25, 0.3) is 10.2 Å². The third-order valence-electron chi connectivity index (χ3n) is 5.30. The number of hydrazone groups is 1. The van der Waals surface area contributed by atoms with Gasteiger partial charge in [-0.3, -0.25) is 14.2 Å². The highest BCUT2D eigenvalue weighted by atomic mass is 32.1. The van der Waals surface area contributed by atoms with Crippen molar-refractivity contribution in [3.63, 3.8) is 0 Å². The standard InChI is InChI=1S/C21H21FN4O2S/c1-12-3-8-16-17(9-12)29-20-18(16)21(28)26(11-23-20)13(2)19(27)25-24-10-14-4-6-15(22)7-5-14/h4-7,10-13H,3,8-9H2,1-2H3,(H,25,27). The van der Waals surface area contributed by atoms with Gasteiger partial charge in [0, 0.05) is 4.88 Å². The largest absolute Gasteiger partial charge is 0.286 e. The summed E-state index contributed by atoms with van der Waals surface area (Å²) < 4.78 is 14.3. The number of thiophene rings is 1. The van der Waals surface area contributed by atoms with Gasteiger partial charge in [0.2, 0.25) is 0 Å². The Balaban J connectivity index is 1.55. The molecule has 2 atom stereocenters. The molecule has 4 rings (SSSR count). The van der Waals surface area contributed by atoms with E-state index in [-0.39, 0.29) is 11.4 Å². The number of nitrogens with zero attached hydrogens (tertiary/aromatic N) is 3. The van der Waals surface area contributed by atoms with Crippen LogP contribution in [0, 0.1) is 11.7 Å². The second kappa shape index (κ2) is 7.87. The van der Waals surface area contributed by atoms with Crippen LogP contribution in [0.5, 0.6) is 0 Å². The van der Waals surface area contributed by atoms with Gasteiger partial charge in [0.15, 0.2) is 0 Å². The van der Waals surface area contributed by atoms with Crippen molar-refractivity contribution in [1.29, 1.82) is 0 Å². The lowest BCUT2D eigenvalue weighted by atomic mass is 9.89. The summed E-state index contributed by atoms with van der Waals surface area (Å²) in [5.41, 5.74) is 3.99. The van der Waals surface area contributed by atoms with Crippen LogP contribution in [0.2, 0.25) is 0 Å². The predicted molar refractivity (Wildman–Crippen MR) is 112 cm³/mol. The third kappa shape index (κ3) is 3.85. The molecular formula is C21H21FN4O2S. The average Bonchev–Trinajstić information content (AvgIpc) is 3.07. The van der Waals surface area contributed by atoms with Crippen molar-refractivity contribution in [2.24, 2.45) is 11.0 Å². The van der Waals surface area contributed by atoms with E-state index >= 15 is 0 Å². The number of carbonyl (C=O) groups excluding carboxylic acids is 1. The molecule has 1 N–H and O–H groups in total. The van der Waals surface area contributed by atoms with Gasteiger partial charge in [-0.2, -0.15) is 5.10 Å². The topological polar surface area (TPSA) is 76.3 Å². The highest BCUT2D eigenvalue weighted by Gasteiger charge is 2.25. The molecule has 0 spiro atoms. The molecule has 1 aliphatic carbocycles. The lowest BCUT2D eigenvalue weighted by molar-refractivity contribution is -0.123. The number of nitrogens with one attached hydrogen (secondary N) is 1. The number of fused-ring (bicyclic) bond motifs is 3. The van der Waals surface area contributed by atoms with Crippen LogP contribution in [0.15, 0.2) is 40.5 Å². The van der Waals surface area contributed by atoms with Crippen molar-refractivity contribution in [3.05, 3.63) is 62.8 Å². The number of aryl methyl sites for hydroxylation is 1. The van der Waals surface area contributed by atoms with Crippen LogP contribution < -0.4 is 11.0 Å². The molecule has 2 aromatic heterocycles. The maximum absolute atomic E-state index is 13.1. The molecule has 2 heterocycles. The van der Waals surface area contributed by atoms with E-state index in [0.29, 0.717) is 16.9 Å². The van der Waals surface area contributed by atoms with E-state index in [9.17, 15) is 14.0 Å². The van der Waals surface area contributed by atoms with E-state index in [0.717, 1.165) is 29.7 Å². The molecule has 1 amide bonds. The zero-order valence-corrected chi connectivity index (χ0v) is 17.0. The third-order valence-corrected chi connectivity index (χ3v) is 6.46. The SMILES string of the molecule is CC1CCc2c(sc3ncn(C(C)C(=O)NN=Cc4ccc(F)cc4)c(=O)c23)C1. The Morgan fingerprint density at radius 1 is 1.41 bits per heavy atom. The fourth-order valence-electron chi connectivity index (χ4n) is 3.56. The lowest BCUT2D eigenvalue weighted by Gasteiger charge is -2.18. The second-order valence-electron chi connectivity index (χ2n) is 7.45. The van der Waals surface area contributed by atoms with Crippen molar-refractivity contribution < 1.29 is 9.18 Å². The summed E-state index contributed by atoms with van der Waals surface area (Å²) >= 11 is 1.58. The van der Waals surface area contributed by atoms with Crippen LogP contribution in [0.3, 0.4) is 0 Å². The van der Waals surface area contributed by atoms with Crippen LogP contribution >= 0.6 is 11.3 Å². The number of carbonyl (C=O) groups is 1. The van der Waals surface area contributed by atoms with Crippen molar-refractivity contribution >= 4 is 33.7 Å². The van der Waals surface area contributed by atoms with E-state index in [1.807, 2.05) is 0 Å². The van der Waals surface area contributed by atoms with Crippen molar-refractivity contribution in [2.75, 3.05) is 0 Å². The zero-order valence-electron chi connectivity index (χ0n) is 16.2. The van der Waals surface area contributed by atoms with Crippen molar-refractivity contribution in [1.82, 2.24) is 15.0 Å². The number of benzene rings is 1. The molecule has 0 radical (unpaired) electrons. The maximum atomic E-state index is 13.1. The quantitative estimate of drug-likeness (QED) is 0.527. The van der Waals surface area contributed by atoms with Gasteiger partial charge in [-0.05, 0) is 55.4 Å². The number of aromatic nitrogens is 2. The molecule has 0 aliphatic heterocycles. The van der Waals surface area contributed by atoms with Gasteiger partial charge in [-0.1, -0.05) is 19.1 Å². The Morgan fingerprint density at radius 3 is 2.93 bits per heavy atom. The van der Waals surface area contributed by atoms with Crippen LogP contribution in [-0.4, -0.2) is 21.7 Å². The van der Waals surface area contributed by atoms with Gasteiger partial charge in [0.25, 0.3) is 11.5 Å². The first-order valence-corrected chi connectivity index (χ1v) is 10.4. The van der Waals surface area contributed by atoms with Gasteiger partial charge in [0.1, 0.15) is 16.7 Å². The van der Waals surface area contributed by atoms with Crippen molar-refractivity contribution in [3.8, 4) is 0 Å². The molecule has 3 aromatic rings. The number of hydrogen-bond acceptors (Lipinski definition) is 5. The summed E-state index contributed by atoms with van der Waals surface area (Å²) in [5.74, 6) is -0.155. The van der Waals surface area contributed by atoms with E-state index < -0.39 is 11.9 Å². The minimum absolute atomic E-state index is 0.188. The Morgan fingerprint density at radius 2 is 2.17 bits per heavy atom. The van der Waals surface area contributed by atoms with Crippen LogP contribution in [0.1, 0.15) is 42.3 Å². The Bertz CT molecular complexity index is 1150. The minimum Gasteiger partial charge on any atom is -0.286 e. The highest BCUT2D eigenvalue weighted by Crippen LogP contribution is 2.35. The summed E-state index contributed by atoms with van der Waals surface area (Å²) in [6.45, 7) is 3.86. The fraction of sp³-hybridized carbons (Fsp3) is 0.333. The van der Waals surface area contributed by atoms with Gasteiger partial charge in [0.05, 0.1) is 17.9 Å².